The topological polar surface area (TPSA) is 25.8 Å². The van der Waals surface area contributed by atoms with E-state index < -0.39 is 0 Å². The highest BCUT2D eigenvalue weighted by molar-refractivity contribution is 8.00. The summed E-state index contributed by atoms with van der Waals surface area (Å²) in [6.45, 7) is 12.7. The summed E-state index contributed by atoms with van der Waals surface area (Å²) in [4.78, 5) is 8.83. The van der Waals surface area contributed by atoms with E-state index in [2.05, 4.69) is 51.5 Å². The molecule has 0 aliphatic carbocycles. The van der Waals surface area contributed by atoms with Gasteiger partial charge in [-0.3, -0.25) is 0 Å². The Morgan fingerprint density at radius 3 is 2.06 bits per heavy atom. The Kier molecular flexibility index (Phi) is 3.91. The van der Waals surface area contributed by atoms with E-state index in [1.54, 1.807) is 11.8 Å². The van der Waals surface area contributed by atoms with Crippen molar-refractivity contribution in [3.8, 4) is 0 Å². The maximum Gasteiger partial charge on any atom is 0.136 e. The van der Waals surface area contributed by atoms with Gasteiger partial charge in [0.2, 0.25) is 0 Å². The van der Waals surface area contributed by atoms with E-state index in [9.17, 15) is 0 Å². The molecule has 1 aromatic heterocycles. The normalized spacial score (nSPS) is 12.9. The number of hydrogen-bond donors (Lipinski definition) is 0. The van der Waals surface area contributed by atoms with Gasteiger partial charge in [0.05, 0.1) is 0 Å². The Balaban J connectivity index is 3.09. The van der Waals surface area contributed by atoms with Gasteiger partial charge in [0.25, 0.3) is 0 Å². The van der Waals surface area contributed by atoms with Crippen LogP contribution in [0.5, 0.6) is 0 Å². The molecule has 4 heteroatoms. The number of aromatic nitrogens is 2. The lowest BCUT2D eigenvalue weighted by molar-refractivity contribution is 0.538. The van der Waals surface area contributed by atoms with Gasteiger partial charge in [0.1, 0.15) is 16.0 Å². The number of halogens is 1. The Hall–Kier alpha value is -0.280. The smallest absolute Gasteiger partial charge is 0.136 e. The van der Waals surface area contributed by atoms with Gasteiger partial charge >= 0.3 is 0 Å². The predicted molar refractivity (Wildman–Crippen MR) is 71.4 cm³/mol. The first-order valence-electron chi connectivity index (χ1n) is 5.32. The third-order valence-corrected chi connectivity index (χ3v) is 2.98. The van der Waals surface area contributed by atoms with Crippen LogP contribution in [-0.2, 0) is 5.41 Å². The lowest BCUT2D eigenvalue weighted by atomic mass is 9.96. The second kappa shape index (κ2) is 4.53. The Morgan fingerprint density at radius 2 is 1.62 bits per heavy atom. The molecule has 0 N–H and O–H groups in total. The van der Waals surface area contributed by atoms with E-state index >= 15 is 0 Å². The average Bonchev–Trinajstić information content (AvgIpc) is 1.97. The van der Waals surface area contributed by atoms with Crippen LogP contribution < -0.4 is 0 Å². The van der Waals surface area contributed by atoms with Gasteiger partial charge in [-0.2, -0.15) is 0 Å². The summed E-state index contributed by atoms with van der Waals surface area (Å²) in [6, 6.07) is 1.83. The van der Waals surface area contributed by atoms with Crippen LogP contribution in [0.15, 0.2) is 11.1 Å². The molecule has 16 heavy (non-hydrogen) atoms. The van der Waals surface area contributed by atoms with Crippen molar-refractivity contribution in [2.24, 2.45) is 0 Å². The molecule has 1 heterocycles. The van der Waals surface area contributed by atoms with Crippen LogP contribution >= 0.6 is 23.4 Å². The van der Waals surface area contributed by atoms with Gasteiger partial charge in [-0.05, 0) is 0 Å². The van der Waals surface area contributed by atoms with Crippen LogP contribution in [-0.4, -0.2) is 14.7 Å². The van der Waals surface area contributed by atoms with Crippen molar-refractivity contribution >= 4 is 23.4 Å². The first-order valence-corrected chi connectivity index (χ1v) is 6.51. The fourth-order valence-corrected chi connectivity index (χ4v) is 2.28. The van der Waals surface area contributed by atoms with Crippen LogP contribution in [0.3, 0.4) is 0 Å². The predicted octanol–water partition coefficient (Wildman–Crippen LogP) is 4.32. The van der Waals surface area contributed by atoms with Crippen LogP contribution in [0.4, 0.5) is 0 Å². The van der Waals surface area contributed by atoms with Crippen molar-refractivity contribution in [1.82, 2.24) is 9.97 Å². The molecule has 90 valence electrons. The summed E-state index contributed by atoms with van der Waals surface area (Å²) in [5, 5.41) is 1.46. The van der Waals surface area contributed by atoms with Crippen molar-refractivity contribution in [2.75, 3.05) is 0 Å². The van der Waals surface area contributed by atoms with Gasteiger partial charge in [0, 0.05) is 16.2 Å². The second-order valence-electron chi connectivity index (χ2n) is 5.82. The lowest BCUT2D eigenvalue weighted by Crippen LogP contribution is -2.17. The molecule has 1 aromatic rings. The van der Waals surface area contributed by atoms with E-state index in [0.29, 0.717) is 5.15 Å². The van der Waals surface area contributed by atoms with E-state index in [4.69, 9.17) is 11.6 Å². The zero-order chi connectivity index (χ0) is 12.6. The van der Waals surface area contributed by atoms with Crippen LogP contribution in [0, 0.1) is 0 Å². The van der Waals surface area contributed by atoms with Gasteiger partial charge in [-0.15, -0.1) is 11.8 Å². The highest BCUT2D eigenvalue weighted by Crippen LogP contribution is 2.32. The summed E-state index contributed by atoms with van der Waals surface area (Å²) >= 11 is 7.73. The number of nitrogens with zero attached hydrogens (tertiary/aromatic N) is 2. The molecular formula is C12H19ClN2S. The van der Waals surface area contributed by atoms with Crippen molar-refractivity contribution in [3.63, 3.8) is 0 Å². The zero-order valence-electron chi connectivity index (χ0n) is 10.8. The Labute approximate surface area is 107 Å². The SMILES string of the molecule is CC(C)(C)Sc1cc(Cl)nc(C(C)(C)C)n1. The molecule has 0 saturated heterocycles. The maximum atomic E-state index is 6.02. The molecule has 0 atom stereocenters. The van der Waals surface area contributed by atoms with Gasteiger partial charge in [-0.25, -0.2) is 9.97 Å². The molecule has 0 aliphatic rings. The highest BCUT2D eigenvalue weighted by Gasteiger charge is 2.21. The van der Waals surface area contributed by atoms with Gasteiger partial charge in [0.15, 0.2) is 0 Å². The average molecular weight is 259 g/mol. The van der Waals surface area contributed by atoms with E-state index in [-0.39, 0.29) is 10.2 Å². The largest absolute Gasteiger partial charge is 0.226 e. The number of hydrogen-bond acceptors (Lipinski definition) is 3. The minimum absolute atomic E-state index is 0.0713. The highest BCUT2D eigenvalue weighted by atomic mass is 35.5. The fourth-order valence-electron chi connectivity index (χ4n) is 1.10. The van der Waals surface area contributed by atoms with E-state index in [1.165, 1.54) is 0 Å². The molecule has 0 aliphatic heterocycles. The Morgan fingerprint density at radius 1 is 1.06 bits per heavy atom. The summed E-state index contributed by atoms with van der Waals surface area (Å²) in [5.74, 6) is 0.798. The minimum atomic E-state index is -0.0713. The van der Waals surface area contributed by atoms with Crippen molar-refractivity contribution in [1.29, 1.82) is 0 Å². The number of thioether (sulfide) groups is 1. The first kappa shape index (κ1) is 13.8. The molecule has 0 aromatic carbocycles. The molecule has 0 saturated carbocycles. The van der Waals surface area contributed by atoms with E-state index in [1.807, 2.05) is 6.07 Å². The quantitative estimate of drug-likeness (QED) is 0.554. The summed E-state index contributed by atoms with van der Waals surface area (Å²) < 4.78 is 0.132. The summed E-state index contributed by atoms with van der Waals surface area (Å²) in [6.07, 6.45) is 0. The van der Waals surface area contributed by atoms with E-state index in [0.717, 1.165) is 10.9 Å². The van der Waals surface area contributed by atoms with Crippen molar-refractivity contribution in [3.05, 3.63) is 17.0 Å². The number of rotatable bonds is 1. The molecule has 2 nitrogen and oxygen atoms in total. The van der Waals surface area contributed by atoms with Gasteiger partial charge < -0.3 is 0 Å². The fraction of sp³-hybridized carbons (Fsp3) is 0.667. The second-order valence-corrected chi connectivity index (χ2v) is 8.05. The molecule has 0 radical (unpaired) electrons. The zero-order valence-corrected chi connectivity index (χ0v) is 12.3. The molecule has 0 unspecified atom stereocenters. The Bertz CT molecular complexity index is 378. The standard InChI is InChI=1S/C12H19ClN2S/c1-11(2,3)10-14-8(13)7-9(15-10)16-12(4,5)6/h7H,1-6H3. The molecule has 1 rings (SSSR count). The third kappa shape index (κ3) is 4.30. The minimum Gasteiger partial charge on any atom is -0.226 e. The first-order chi connectivity index (χ1) is 7.08. The molecule has 0 spiro atoms. The van der Waals surface area contributed by atoms with Crippen LogP contribution in [0.1, 0.15) is 47.4 Å². The molecular weight excluding hydrogens is 240 g/mol. The third-order valence-electron chi connectivity index (χ3n) is 1.75. The van der Waals surface area contributed by atoms with Crippen molar-refractivity contribution < 1.29 is 0 Å². The maximum absolute atomic E-state index is 6.02. The lowest BCUT2D eigenvalue weighted by Gasteiger charge is -2.20. The van der Waals surface area contributed by atoms with Gasteiger partial charge in [-0.1, -0.05) is 53.1 Å². The molecule has 0 bridgehead atoms. The van der Waals surface area contributed by atoms with Crippen LogP contribution in [0.2, 0.25) is 5.15 Å². The van der Waals surface area contributed by atoms with Crippen LogP contribution in [0.25, 0.3) is 0 Å². The van der Waals surface area contributed by atoms with Crippen molar-refractivity contribution in [2.45, 2.75) is 56.7 Å². The molecule has 0 fully saturated rings. The monoisotopic (exact) mass is 258 g/mol. The molecule has 0 amide bonds. The summed E-state index contributed by atoms with van der Waals surface area (Å²) in [7, 11) is 0. The summed E-state index contributed by atoms with van der Waals surface area (Å²) in [5.41, 5.74) is -0.0713.